The Labute approximate surface area is 148 Å². The van der Waals surface area contributed by atoms with Crippen molar-refractivity contribution in [1.29, 1.82) is 0 Å². The van der Waals surface area contributed by atoms with Crippen molar-refractivity contribution in [3.05, 3.63) is 59.3 Å². The van der Waals surface area contributed by atoms with E-state index in [0.717, 1.165) is 18.7 Å². The van der Waals surface area contributed by atoms with E-state index in [0.29, 0.717) is 18.5 Å². The van der Waals surface area contributed by atoms with Gasteiger partial charge in [0.15, 0.2) is 0 Å². The summed E-state index contributed by atoms with van der Waals surface area (Å²) in [7, 11) is 3.85. The van der Waals surface area contributed by atoms with Crippen LogP contribution >= 0.6 is 0 Å². The fourth-order valence-electron chi connectivity index (χ4n) is 3.44. The number of pyridine rings is 1. The van der Waals surface area contributed by atoms with Crippen LogP contribution in [0.4, 0.5) is 5.82 Å². The Morgan fingerprint density at radius 3 is 2.72 bits per heavy atom. The number of aromatic nitrogens is 1. The molecule has 1 aromatic heterocycles. The number of hydrogen-bond donors (Lipinski definition) is 1. The van der Waals surface area contributed by atoms with Crippen LogP contribution in [0.2, 0.25) is 0 Å². The number of anilines is 1. The van der Waals surface area contributed by atoms with E-state index in [2.05, 4.69) is 17.1 Å². The maximum absolute atomic E-state index is 13.1. The van der Waals surface area contributed by atoms with Crippen molar-refractivity contribution in [2.24, 2.45) is 0 Å². The van der Waals surface area contributed by atoms with Gasteiger partial charge in [-0.3, -0.25) is 4.79 Å². The molecule has 1 aliphatic carbocycles. The maximum Gasteiger partial charge on any atom is 0.255 e. The van der Waals surface area contributed by atoms with Gasteiger partial charge >= 0.3 is 0 Å². The van der Waals surface area contributed by atoms with Gasteiger partial charge in [0.1, 0.15) is 5.82 Å². The van der Waals surface area contributed by atoms with Crippen LogP contribution in [-0.2, 0) is 6.42 Å². The van der Waals surface area contributed by atoms with E-state index in [9.17, 15) is 9.90 Å². The molecule has 3 rings (SSSR count). The van der Waals surface area contributed by atoms with Crippen LogP contribution in [0.1, 0.15) is 40.4 Å². The summed E-state index contributed by atoms with van der Waals surface area (Å²) in [5, 5.41) is 9.25. The van der Waals surface area contributed by atoms with Gasteiger partial charge in [0.05, 0.1) is 11.6 Å². The molecule has 0 aliphatic heterocycles. The second-order valence-corrected chi connectivity index (χ2v) is 6.63. The van der Waals surface area contributed by atoms with Gasteiger partial charge in [-0.1, -0.05) is 24.3 Å². The lowest BCUT2D eigenvalue weighted by Crippen LogP contribution is -2.35. The normalized spacial score (nSPS) is 15.7. The molecule has 0 saturated carbocycles. The summed E-state index contributed by atoms with van der Waals surface area (Å²) in [5.41, 5.74) is 3.13. The number of rotatable bonds is 6. The highest BCUT2D eigenvalue weighted by Gasteiger charge is 2.31. The fourth-order valence-corrected chi connectivity index (χ4v) is 3.44. The Hall–Kier alpha value is -2.40. The summed E-state index contributed by atoms with van der Waals surface area (Å²) in [6.07, 6.45) is 4.14. The van der Waals surface area contributed by atoms with E-state index < -0.39 is 0 Å². The summed E-state index contributed by atoms with van der Waals surface area (Å²) >= 11 is 0. The number of nitrogens with zero attached hydrogens (tertiary/aromatic N) is 3. The number of fused-ring (bicyclic) bond motifs is 1. The Balaban J connectivity index is 1.87. The zero-order valence-corrected chi connectivity index (χ0v) is 14.9. The standard InChI is InChI=1S/C20H25N3O2/c1-22(2)19-11-9-16(14-21-19)20(25)23(12-5-13-24)18-10-8-15-6-3-4-7-17(15)18/h3-4,6-7,9,11,14,18,24H,5,8,10,12-13H2,1-2H3/t18-/m1/s1. The minimum absolute atomic E-state index is 0.0204. The molecular formula is C20H25N3O2. The number of carbonyl (C=O) groups excluding carboxylic acids is 1. The SMILES string of the molecule is CN(C)c1ccc(C(=O)N(CCCO)[C@@H]2CCc3ccccc32)cn1. The van der Waals surface area contributed by atoms with Crippen LogP contribution in [0, 0.1) is 0 Å². The van der Waals surface area contributed by atoms with Crippen LogP contribution < -0.4 is 4.90 Å². The minimum atomic E-state index is -0.0204. The van der Waals surface area contributed by atoms with Gasteiger partial charge in [0.25, 0.3) is 5.91 Å². The molecule has 0 spiro atoms. The molecule has 2 aromatic rings. The van der Waals surface area contributed by atoms with E-state index in [1.54, 1.807) is 6.20 Å². The Morgan fingerprint density at radius 1 is 1.24 bits per heavy atom. The first-order valence-corrected chi connectivity index (χ1v) is 8.75. The third kappa shape index (κ3) is 3.66. The molecule has 0 saturated heterocycles. The van der Waals surface area contributed by atoms with Gasteiger partial charge in [-0.05, 0) is 42.5 Å². The van der Waals surface area contributed by atoms with Gasteiger partial charge < -0.3 is 14.9 Å². The van der Waals surface area contributed by atoms with Crippen LogP contribution in [0.5, 0.6) is 0 Å². The highest BCUT2D eigenvalue weighted by atomic mass is 16.3. The predicted molar refractivity (Wildman–Crippen MR) is 98.8 cm³/mol. The van der Waals surface area contributed by atoms with Crippen molar-refractivity contribution in [3.8, 4) is 0 Å². The topological polar surface area (TPSA) is 56.7 Å². The van der Waals surface area contributed by atoms with Gasteiger partial charge in [0.2, 0.25) is 0 Å². The van der Waals surface area contributed by atoms with Crippen molar-refractivity contribution in [3.63, 3.8) is 0 Å². The molecule has 1 amide bonds. The predicted octanol–water partition coefficient (Wildman–Crippen LogP) is 2.66. The molecule has 1 heterocycles. The number of hydrogen-bond acceptors (Lipinski definition) is 4. The zero-order chi connectivity index (χ0) is 17.8. The van der Waals surface area contributed by atoms with Gasteiger partial charge in [0, 0.05) is 33.4 Å². The second-order valence-electron chi connectivity index (χ2n) is 6.63. The lowest BCUT2D eigenvalue weighted by Gasteiger charge is -2.30. The van der Waals surface area contributed by atoms with E-state index in [4.69, 9.17) is 0 Å². The smallest absolute Gasteiger partial charge is 0.255 e. The number of benzene rings is 1. The highest BCUT2D eigenvalue weighted by Crippen LogP contribution is 2.36. The Bertz CT molecular complexity index is 728. The molecule has 1 N–H and O–H groups in total. The molecular weight excluding hydrogens is 314 g/mol. The number of aliphatic hydroxyl groups excluding tert-OH is 1. The van der Waals surface area contributed by atoms with E-state index >= 15 is 0 Å². The number of amides is 1. The van der Waals surface area contributed by atoms with Crippen LogP contribution in [0.15, 0.2) is 42.6 Å². The molecule has 132 valence electrons. The molecule has 0 radical (unpaired) electrons. The third-order valence-corrected chi connectivity index (χ3v) is 4.75. The van der Waals surface area contributed by atoms with Gasteiger partial charge in [-0.2, -0.15) is 0 Å². The summed E-state index contributed by atoms with van der Waals surface area (Å²) in [6.45, 7) is 0.625. The van der Waals surface area contributed by atoms with Crippen molar-refractivity contribution >= 4 is 11.7 Å². The van der Waals surface area contributed by atoms with E-state index in [1.807, 2.05) is 48.2 Å². The third-order valence-electron chi connectivity index (χ3n) is 4.75. The largest absolute Gasteiger partial charge is 0.396 e. The first-order chi connectivity index (χ1) is 12.1. The average molecular weight is 339 g/mol. The quantitative estimate of drug-likeness (QED) is 0.879. The Morgan fingerprint density at radius 2 is 2.04 bits per heavy atom. The lowest BCUT2D eigenvalue weighted by molar-refractivity contribution is 0.0661. The summed E-state index contributed by atoms with van der Waals surface area (Å²) < 4.78 is 0. The molecule has 1 atom stereocenters. The second kappa shape index (κ2) is 7.66. The van der Waals surface area contributed by atoms with Gasteiger partial charge in [-0.25, -0.2) is 4.98 Å². The fraction of sp³-hybridized carbons (Fsp3) is 0.400. The van der Waals surface area contributed by atoms with Crippen molar-refractivity contribution in [1.82, 2.24) is 9.88 Å². The first-order valence-electron chi connectivity index (χ1n) is 8.75. The number of aliphatic hydroxyl groups is 1. The minimum Gasteiger partial charge on any atom is -0.396 e. The highest BCUT2D eigenvalue weighted by molar-refractivity contribution is 5.94. The molecule has 0 fully saturated rings. The molecule has 1 aromatic carbocycles. The first kappa shape index (κ1) is 17.4. The summed E-state index contributed by atoms with van der Waals surface area (Å²) in [6, 6.07) is 12.1. The van der Waals surface area contributed by atoms with Crippen molar-refractivity contribution < 1.29 is 9.90 Å². The molecule has 25 heavy (non-hydrogen) atoms. The monoisotopic (exact) mass is 339 g/mol. The zero-order valence-electron chi connectivity index (χ0n) is 14.9. The van der Waals surface area contributed by atoms with Crippen molar-refractivity contribution in [2.45, 2.75) is 25.3 Å². The van der Waals surface area contributed by atoms with E-state index in [-0.39, 0.29) is 18.6 Å². The molecule has 5 heteroatoms. The molecule has 1 aliphatic rings. The van der Waals surface area contributed by atoms with Crippen LogP contribution in [0.3, 0.4) is 0 Å². The maximum atomic E-state index is 13.1. The van der Waals surface area contributed by atoms with Crippen LogP contribution in [-0.4, -0.2) is 48.1 Å². The summed E-state index contributed by atoms with van der Waals surface area (Å²) in [4.78, 5) is 21.3. The molecule has 5 nitrogen and oxygen atoms in total. The number of aryl methyl sites for hydroxylation is 1. The van der Waals surface area contributed by atoms with Gasteiger partial charge in [-0.15, -0.1) is 0 Å². The average Bonchev–Trinajstić information content (AvgIpc) is 3.06. The van der Waals surface area contributed by atoms with E-state index in [1.165, 1.54) is 11.1 Å². The molecule has 0 unspecified atom stereocenters. The lowest BCUT2D eigenvalue weighted by atomic mass is 10.1. The van der Waals surface area contributed by atoms with Crippen molar-refractivity contribution in [2.75, 3.05) is 32.1 Å². The molecule has 0 bridgehead atoms. The Kier molecular flexibility index (Phi) is 5.34. The van der Waals surface area contributed by atoms with Crippen LogP contribution in [0.25, 0.3) is 0 Å². The summed E-state index contributed by atoms with van der Waals surface area (Å²) in [5.74, 6) is 0.803. The number of carbonyl (C=O) groups is 1.